The van der Waals surface area contributed by atoms with Gasteiger partial charge < -0.3 is 10.4 Å². The van der Waals surface area contributed by atoms with E-state index in [-0.39, 0.29) is 12.3 Å². The lowest BCUT2D eigenvalue weighted by Gasteiger charge is -2.27. The van der Waals surface area contributed by atoms with Crippen LogP contribution < -0.4 is 5.32 Å². The average molecular weight is 310 g/mol. The number of aliphatic carboxylic acids is 1. The van der Waals surface area contributed by atoms with E-state index in [4.69, 9.17) is 0 Å². The van der Waals surface area contributed by atoms with E-state index >= 15 is 0 Å². The molecule has 0 unspecified atom stereocenters. The molecule has 0 saturated heterocycles. The highest BCUT2D eigenvalue weighted by atomic mass is 32.1. The first-order valence-corrected chi connectivity index (χ1v) is 8.25. The number of thiazole rings is 1. The van der Waals surface area contributed by atoms with Crippen molar-refractivity contribution < 1.29 is 14.7 Å². The molecule has 2 rings (SSSR count). The Labute approximate surface area is 128 Å². The zero-order chi connectivity index (χ0) is 15.3. The minimum Gasteiger partial charge on any atom is -0.481 e. The van der Waals surface area contributed by atoms with Crippen molar-refractivity contribution in [3.63, 3.8) is 0 Å². The quantitative estimate of drug-likeness (QED) is 0.820. The molecule has 1 aliphatic carbocycles. The lowest BCUT2D eigenvalue weighted by molar-refractivity contribution is -0.152. The van der Waals surface area contributed by atoms with E-state index < -0.39 is 11.4 Å². The van der Waals surface area contributed by atoms with Gasteiger partial charge in [-0.2, -0.15) is 0 Å². The van der Waals surface area contributed by atoms with Crippen LogP contribution in [0.15, 0.2) is 6.20 Å². The Balaban J connectivity index is 1.93. The van der Waals surface area contributed by atoms with Crippen molar-refractivity contribution in [3.8, 4) is 0 Å². The van der Waals surface area contributed by atoms with Gasteiger partial charge in [-0.15, -0.1) is 11.3 Å². The zero-order valence-corrected chi connectivity index (χ0v) is 13.2. The minimum atomic E-state index is -0.871. The summed E-state index contributed by atoms with van der Waals surface area (Å²) in [6, 6.07) is 0. The van der Waals surface area contributed by atoms with Crippen LogP contribution in [0.2, 0.25) is 0 Å². The standard InChI is InChI=1S/C15H22N2O3S/c1-11-16-9-12(21-11)10-17-13(18)8-15(14(19)20)6-4-2-3-5-7-15/h9H,2-8,10H2,1H3,(H,17,18)(H,19,20). The van der Waals surface area contributed by atoms with E-state index in [0.29, 0.717) is 19.4 Å². The van der Waals surface area contributed by atoms with Gasteiger partial charge in [-0.25, -0.2) is 4.98 Å². The highest BCUT2D eigenvalue weighted by Gasteiger charge is 2.40. The number of carbonyl (C=O) groups is 2. The second kappa shape index (κ2) is 7.02. The fourth-order valence-corrected chi connectivity index (χ4v) is 3.65. The van der Waals surface area contributed by atoms with E-state index in [9.17, 15) is 14.7 Å². The number of nitrogens with one attached hydrogen (secondary N) is 1. The van der Waals surface area contributed by atoms with Gasteiger partial charge in [-0.1, -0.05) is 25.7 Å². The van der Waals surface area contributed by atoms with Gasteiger partial charge in [0.1, 0.15) is 0 Å². The first-order chi connectivity index (χ1) is 10.0. The molecule has 1 saturated carbocycles. The van der Waals surface area contributed by atoms with Gasteiger partial charge in [0.25, 0.3) is 0 Å². The van der Waals surface area contributed by atoms with Crippen molar-refractivity contribution in [2.75, 3.05) is 0 Å². The van der Waals surface area contributed by atoms with E-state index in [1.54, 1.807) is 17.5 Å². The first-order valence-electron chi connectivity index (χ1n) is 7.43. The number of hydrogen-bond donors (Lipinski definition) is 2. The third kappa shape index (κ3) is 4.27. The summed E-state index contributed by atoms with van der Waals surface area (Å²) in [4.78, 5) is 28.9. The fourth-order valence-electron chi connectivity index (χ4n) is 2.91. The first kappa shape index (κ1) is 15.9. The Morgan fingerprint density at radius 1 is 1.33 bits per heavy atom. The highest BCUT2D eigenvalue weighted by Crippen LogP contribution is 2.38. The molecule has 0 aromatic carbocycles. The number of aryl methyl sites for hydroxylation is 1. The van der Waals surface area contributed by atoms with Crippen LogP contribution in [0.4, 0.5) is 0 Å². The fraction of sp³-hybridized carbons (Fsp3) is 0.667. The summed E-state index contributed by atoms with van der Waals surface area (Å²) in [6.07, 6.45) is 6.97. The summed E-state index contributed by atoms with van der Waals surface area (Å²) in [6.45, 7) is 2.35. The number of hydrogen-bond acceptors (Lipinski definition) is 4. The predicted molar refractivity (Wildman–Crippen MR) is 81.1 cm³/mol. The molecule has 1 aromatic heterocycles. The molecule has 0 aliphatic heterocycles. The molecule has 116 valence electrons. The molecule has 21 heavy (non-hydrogen) atoms. The SMILES string of the molecule is Cc1ncc(CNC(=O)CC2(C(=O)O)CCCCCC2)s1. The topological polar surface area (TPSA) is 79.3 Å². The molecule has 0 spiro atoms. The summed E-state index contributed by atoms with van der Waals surface area (Å²) in [5.74, 6) is -1.00. The third-order valence-corrected chi connectivity index (χ3v) is 5.05. The Morgan fingerprint density at radius 2 is 2.00 bits per heavy atom. The maximum absolute atomic E-state index is 12.1. The van der Waals surface area contributed by atoms with Crippen LogP contribution in [0.5, 0.6) is 0 Å². The summed E-state index contributed by atoms with van der Waals surface area (Å²) < 4.78 is 0. The molecule has 1 fully saturated rings. The lowest BCUT2D eigenvalue weighted by atomic mass is 9.77. The van der Waals surface area contributed by atoms with Gasteiger partial charge in [-0.3, -0.25) is 9.59 Å². The van der Waals surface area contributed by atoms with Crippen molar-refractivity contribution >= 4 is 23.2 Å². The van der Waals surface area contributed by atoms with Gasteiger partial charge in [-0.05, 0) is 19.8 Å². The van der Waals surface area contributed by atoms with Gasteiger partial charge >= 0.3 is 5.97 Å². The van der Waals surface area contributed by atoms with Crippen molar-refractivity contribution in [2.45, 2.75) is 58.4 Å². The molecule has 5 nitrogen and oxygen atoms in total. The molecule has 1 aliphatic rings. The molecule has 2 N–H and O–H groups in total. The molecule has 1 amide bonds. The van der Waals surface area contributed by atoms with Crippen LogP contribution in [0, 0.1) is 12.3 Å². The summed E-state index contributed by atoms with van der Waals surface area (Å²) >= 11 is 1.54. The maximum atomic E-state index is 12.1. The number of aromatic nitrogens is 1. The van der Waals surface area contributed by atoms with Gasteiger partial charge in [0.15, 0.2) is 0 Å². The molecule has 1 aromatic rings. The number of carbonyl (C=O) groups excluding carboxylic acids is 1. The summed E-state index contributed by atoms with van der Waals surface area (Å²) in [5, 5.41) is 13.4. The van der Waals surface area contributed by atoms with Crippen LogP contribution >= 0.6 is 11.3 Å². The molecule has 1 heterocycles. The lowest BCUT2D eigenvalue weighted by Crippen LogP contribution is -2.37. The van der Waals surface area contributed by atoms with Crippen molar-refractivity contribution in [1.82, 2.24) is 10.3 Å². The second-order valence-corrected chi connectivity index (χ2v) is 7.12. The van der Waals surface area contributed by atoms with Crippen molar-refractivity contribution in [1.29, 1.82) is 0 Å². The zero-order valence-electron chi connectivity index (χ0n) is 12.4. The van der Waals surface area contributed by atoms with Crippen LogP contribution in [-0.4, -0.2) is 22.0 Å². The van der Waals surface area contributed by atoms with Crippen LogP contribution in [0.25, 0.3) is 0 Å². The molecule has 6 heteroatoms. The number of carboxylic acids is 1. The number of amides is 1. The van der Waals surface area contributed by atoms with Crippen LogP contribution in [0.1, 0.15) is 54.8 Å². The summed E-state index contributed by atoms with van der Waals surface area (Å²) in [5.41, 5.74) is -0.871. The van der Waals surface area contributed by atoms with E-state index in [1.807, 2.05) is 6.92 Å². The van der Waals surface area contributed by atoms with Crippen LogP contribution in [0.3, 0.4) is 0 Å². The van der Waals surface area contributed by atoms with Gasteiger partial charge in [0, 0.05) is 17.5 Å². The third-order valence-electron chi connectivity index (χ3n) is 4.14. The minimum absolute atomic E-state index is 0.0835. The van der Waals surface area contributed by atoms with Crippen molar-refractivity contribution in [2.24, 2.45) is 5.41 Å². The maximum Gasteiger partial charge on any atom is 0.310 e. The Kier molecular flexibility index (Phi) is 5.33. The van der Waals surface area contributed by atoms with Gasteiger partial charge in [0.2, 0.25) is 5.91 Å². The van der Waals surface area contributed by atoms with Crippen molar-refractivity contribution in [3.05, 3.63) is 16.1 Å². The highest BCUT2D eigenvalue weighted by molar-refractivity contribution is 7.11. The van der Waals surface area contributed by atoms with Gasteiger partial charge in [0.05, 0.1) is 17.0 Å². The Hall–Kier alpha value is -1.43. The molecular formula is C15H22N2O3S. The van der Waals surface area contributed by atoms with E-state index in [0.717, 1.165) is 35.6 Å². The smallest absolute Gasteiger partial charge is 0.310 e. The predicted octanol–water partition coefficient (Wildman–Crippen LogP) is 2.88. The molecule has 0 atom stereocenters. The number of carboxylic acid groups (broad SMARTS) is 1. The Morgan fingerprint density at radius 3 is 2.52 bits per heavy atom. The summed E-state index contributed by atoms with van der Waals surface area (Å²) in [7, 11) is 0. The number of rotatable bonds is 5. The molecule has 0 radical (unpaired) electrons. The number of nitrogens with zero attached hydrogens (tertiary/aromatic N) is 1. The Bertz CT molecular complexity index is 505. The second-order valence-electron chi connectivity index (χ2n) is 5.80. The van der Waals surface area contributed by atoms with E-state index in [1.165, 1.54) is 0 Å². The average Bonchev–Trinajstić information content (AvgIpc) is 2.71. The van der Waals surface area contributed by atoms with Crippen LogP contribution in [-0.2, 0) is 16.1 Å². The normalized spacial score (nSPS) is 18.0. The molecular weight excluding hydrogens is 288 g/mol. The largest absolute Gasteiger partial charge is 0.481 e. The molecule has 0 bridgehead atoms. The van der Waals surface area contributed by atoms with E-state index in [2.05, 4.69) is 10.3 Å². The monoisotopic (exact) mass is 310 g/mol.